The third kappa shape index (κ3) is 2.51. The van der Waals surface area contributed by atoms with Gasteiger partial charge in [0, 0.05) is 18.4 Å². The molecular weight excluding hydrogens is 339 g/mol. The summed E-state index contributed by atoms with van der Waals surface area (Å²) in [5, 5.41) is 0. The number of ketones is 1. The predicted octanol–water partition coefficient (Wildman–Crippen LogP) is 2.69. The Balaban J connectivity index is 1.68. The first-order valence-corrected chi connectivity index (χ1v) is 8.02. The summed E-state index contributed by atoms with van der Waals surface area (Å²) in [5.74, 6) is -3.25. The number of carbonyl (C=O) groups is 3. The molecule has 1 unspecified atom stereocenters. The number of carbonyl (C=O) groups excluding carboxylic acids is 3. The van der Waals surface area contributed by atoms with Crippen molar-refractivity contribution < 1.29 is 32.3 Å². The number of fused-ring (bicyclic) bond motifs is 2. The number of alkyl halides is 3. The van der Waals surface area contributed by atoms with Crippen LogP contribution in [0.1, 0.15) is 19.3 Å². The first-order chi connectivity index (χ1) is 11.8. The minimum atomic E-state index is -4.86. The summed E-state index contributed by atoms with van der Waals surface area (Å²) >= 11 is 0. The highest BCUT2D eigenvalue weighted by Gasteiger charge is 2.61. The molecule has 4 fully saturated rings. The molecule has 25 heavy (non-hydrogen) atoms. The molecule has 5 rings (SSSR count). The van der Waals surface area contributed by atoms with Crippen LogP contribution in [0.5, 0.6) is 5.75 Å². The van der Waals surface area contributed by atoms with Crippen LogP contribution >= 0.6 is 0 Å². The summed E-state index contributed by atoms with van der Waals surface area (Å²) in [5.41, 5.74) is 0.0398. The highest BCUT2D eigenvalue weighted by molar-refractivity contribution is 6.23. The maximum atomic E-state index is 12.8. The fourth-order valence-electron chi connectivity index (χ4n) is 4.46. The Labute approximate surface area is 140 Å². The lowest BCUT2D eigenvalue weighted by atomic mass is 9.59. The number of ether oxygens (including phenoxy) is 1. The van der Waals surface area contributed by atoms with E-state index in [0.29, 0.717) is 12.8 Å². The lowest BCUT2D eigenvalue weighted by Gasteiger charge is -2.41. The van der Waals surface area contributed by atoms with E-state index in [1.54, 1.807) is 0 Å². The number of benzene rings is 1. The van der Waals surface area contributed by atoms with Crippen molar-refractivity contribution in [3.63, 3.8) is 0 Å². The van der Waals surface area contributed by atoms with Crippen LogP contribution in [0.25, 0.3) is 0 Å². The SMILES string of the molecule is O=C1C[C@@H]2CC[C@H]1[C@@H]1C(=O)N(c3cccc(OC(F)(F)F)c3)C(=O)C21. The summed E-state index contributed by atoms with van der Waals surface area (Å²) in [4.78, 5) is 38.5. The second-order valence-corrected chi connectivity index (χ2v) is 6.72. The monoisotopic (exact) mass is 353 g/mol. The van der Waals surface area contributed by atoms with E-state index >= 15 is 0 Å². The van der Waals surface area contributed by atoms with Gasteiger partial charge in [-0.2, -0.15) is 0 Å². The zero-order valence-corrected chi connectivity index (χ0v) is 13.0. The van der Waals surface area contributed by atoms with Crippen molar-refractivity contribution in [2.24, 2.45) is 23.7 Å². The lowest BCUT2D eigenvalue weighted by Crippen LogP contribution is -2.46. The number of nitrogens with zero attached hydrogens (tertiary/aromatic N) is 1. The average Bonchev–Trinajstić information content (AvgIpc) is 2.79. The highest BCUT2D eigenvalue weighted by atomic mass is 19.4. The molecule has 8 heteroatoms. The second kappa shape index (κ2) is 5.31. The van der Waals surface area contributed by atoms with E-state index in [9.17, 15) is 27.6 Å². The van der Waals surface area contributed by atoms with Crippen LogP contribution in [0.15, 0.2) is 24.3 Å². The number of halogens is 3. The van der Waals surface area contributed by atoms with Crippen molar-refractivity contribution in [1.82, 2.24) is 0 Å². The van der Waals surface area contributed by atoms with Gasteiger partial charge in [0.1, 0.15) is 11.5 Å². The van der Waals surface area contributed by atoms with Gasteiger partial charge >= 0.3 is 6.36 Å². The van der Waals surface area contributed by atoms with Crippen LogP contribution in [0.3, 0.4) is 0 Å². The van der Waals surface area contributed by atoms with Gasteiger partial charge in [0.25, 0.3) is 0 Å². The van der Waals surface area contributed by atoms with E-state index in [1.165, 1.54) is 12.1 Å². The van der Waals surface area contributed by atoms with E-state index in [-0.39, 0.29) is 17.4 Å². The Morgan fingerprint density at radius 2 is 1.76 bits per heavy atom. The number of hydrogen-bond donors (Lipinski definition) is 0. The number of anilines is 1. The van der Waals surface area contributed by atoms with Gasteiger partial charge in [-0.15, -0.1) is 13.2 Å². The standard InChI is InChI=1S/C17H14F3NO4/c18-17(19,20)25-10-3-1-2-9(7-10)21-15(23)13-8-4-5-11(12(22)6-8)14(13)16(21)24/h1-3,7-8,11,13-14H,4-6H2/t8-,11+,13?,14-/m0/s1. The van der Waals surface area contributed by atoms with Crippen molar-refractivity contribution in [1.29, 1.82) is 0 Å². The molecular formula is C17H14F3NO4. The molecule has 5 nitrogen and oxygen atoms in total. The predicted molar refractivity (Wildman–Crippen MR) is 78.4 cm³/mol. The molecule has 1 aromatic rings. The molecule has 2 amide bonds. The molecule has 4 atom stereocenters. The van der Waals surface area contributed by atoms with Crippen molar-refractivity contribution in [3.05, 3.63) is 24.3 Å². The number of Topliss-reactive ketones (excluding diaryl/α,β-unsaturated/α-hetero) is 1. The van der Waals surface area contributed by atoms with Crippen LogP contribution in [0.2, 0.25) is 0 Å². The molecule has 1 heterocycles. The number of amides is 2. The summed E-state index contributed by atoms with van der Waals surface area (Å²) in [6, 6.07) is 4.80. The van der Waals surface area contributed by atoms with E-state index in [4.69, 9.17) is 0 Å². The van der Waals surface area contributed by atoms with Gasteiger partial charge in [-0.05, 0) is 30.9 Å². The number of hydrogen-bond acceptors (Lipinski definition) is 4. The molecule has 0 spiro atoms. The Kier molecular flexibility index (Phi) is 3.42. The first kappa shape index (κ1) is 16.1. The summed E-state index contributed by atoms with van der Waals surface area (Å²) in [6.07, 6.45) is -3.25. The van der Waals surface area contributed by atoms with Gasteiger partial charge in [-0.1, -0.05) is 6.07 Å². The first-order valence-electron chi connectivity index (χ1n) is 8.02. The minimum Gasteiger partial charge on any atom is -0.406 e. The van der Waals surface area contributed by atoms with E-state index in [1.807, 2.05) is 0 Å². The topological polar surface area (TPSA) is 63.7 Å². The van der Waals surface area contributed by atoms with Crippen molar-refractivity contribution in [2.45, 2.75) is 25.6 Å². The Morgan fingerprint density at radius 3 is 2.44 bits per heavy atom. The summed E-state index contributed by atoms with van der Waals surface area (Å²) < 4.78 is 41.0. The fraction of sp³-hybridized carbons (Fsp3) is 0.471. The zero-order chi connectivity index (χ0) is 17.9. The molecule has 1 saturated heterocycles. The van der Waals surface area contributed by atoms with Crippen LogP contribution in [-0.2, 0) is 14.4 Å². The lowest BCUT2D eigenvalue weighted by molar-refractivity contribution is -0.274. The van der Waals surface area contributed by atoms with Crippen LogP contribution in [-0.4, -0.2) is 24.0 Å². The molecule has 1 aliphatic heterocycles. The number of imide groups is 1. The molecule has 1 aromatic carbocycles. The fourth-order valence-corrected chi connectivity index (χ4v) is 4.46. The minimum absolute atomic E-state index is 0.00894. The maximum Gasteiger partial charge on any atom is 0.573 e. The number of rotatable bonds is 2. The quantitative estimate of drug-likeness (QED) is 0.767. The molecule has 3 saturated carbocycles. The van der Waals surface area contributed by atoms with Crippen molar-refractivity contribution >= 4 is 23.3 Å². The third-order valence-electron chi connectivity index (χ3n) is 5.37. The molecule has 2 bridgehead atoms. The largest absolute Gasteiger partial charge is 0.573 e. The van der Waals surface area contributed by atoms with Gasteiger partial charge in [-0.25, -0.2) is 4.90 Å². The van der Waals surface area contributed by atoms with E-state index in [2.05, 4.69) is 4.74 Å². The van der Waals surface area contributed by atoms with Gasteiger partial charge < -0.3 is 4.74 Å². The van der Waals surface area contributed by atoms with Crippen LogP contribution in [0, 0.1) is 23.7 Å². The molecule has 132 valence electrons. The molecule has 0 N–H and O–H groups in total. The third-order valence-corrected chi connectivity index (χ3v) is 5.37. The Morgan fingerprint density at radius 1 is 1.04 bits per heavy atom. The second-order valence-electron chi connectivity index (χ2n) is 6.72. The summed E-state index contributed by atoms with van der Waals surface area (Å²) in [7, 11) is 0. The Hall–Kier alpha value is -2.38. The molecule has 3 aliphatic carbocycles. The summed E-state index contributed by atoms with van der Waals surface area (Å²) in [6.45, 7) is 0. The smallest absolute Gasteiger partial charge is 0.406 e. The van der Waals surface area contributed by atoms with E-state index in [0.717, 1.165) is 23.5 Å². The van der Waals surface area contributed by atoms with Crippen LogP contribution < -0.4 is 9.64 Å². The average molecular weight is 353 g/mol. The molecule has 0 radical (unpaired) electrons. The van der Waals surface area contributed by atoms with Crippen LogP contribution in [0.4, 0.5) is 18.9 Å². The Bertz CT molecular complexity index is 775. The van der Waals surface area contributed by atoms with Crippen molar-refractivity contribution in [2.75, 3.05) is 4.90 Å². The van der Waals surface area contributed by atoms with Gasteiger partial charge in [0.15, 0.2) is 0 Å². The van der Waals surface area contributed by atoms with E-state index < -0.39 is 41.7 Å². The molecule has 0 aromatic heterocycles. The highest BCUT2D eigenvalue weighted by Crippen LogP contribution is 2.52. The molecule has 4 aliphatic rings. The normalized spacial score (nSPS) is 31.5. The maximum absolute atomic E-state index is 12.8. The van der Waals surface area contributed by atoms with Crippen molar-refractivity contribution in [3.8, 4) is 5.75 Å². The van der Waals surface area contributed by atoms with Gasteiger partial charge in [0.05, 0.1) is 17.5 Å². The van der Waals surface area contributed by atoms with Gasteiger partial charge in [0.2, 0.25) is 11.8 Å². The van der Waals surface area contributed by atoms with Gasteiger partial charge in [-0.3, -0.25) is 14.4 Å². The zero-order valence-electron chi connectivity index (χ0n) is 13.0.